The minimum atomic E-state index is -1.15. The van der Waals surface area contributed by atoms with E-state index < -0.39 is 18.0 Å². The van der Waals surface area contributed by atoms with E-state index in [0.29, 0.717) is 24.9 Å². The van der Waals surface area contributed by atoms with Crippen molar-refractivity contribution in [1.29, 1.82) is 0 Å². The number of hydrogen-bond donors (Lipinski definition) is 2. The van der Waals surface area contributed by atoms with Gasteiger partial charge in [0.2, 0.25) is 0 Å². The highest BCUT2D eigenvalue weighted by molar-refractivity contribution is 5.83. The first kappa shape index (κ1) is 17.3. The summed E-state index contributed by atoms with van der Waals surface area (Å²) in [5, 5.41) is 11.6. The minimum Gasteiger partial charge on any atom is -0.480 e. The normalized spacial score (nSPS) is 19.4. The summed E-state index contributed by atoms with van der Waals surface area (Å²) in [6, 6.07) is -1.45. The Morgan fingerprint density at radius 2 is 2.05 bits per heavy atom. The molecule has 2 amide bonds. The summed E-state index contributed by atoms with van der Waals surface area (Å²) in [5.74, 6) is -0.685. The lowest BCUT2D eigenvalue weighted by atomic mass is 9.95. The van der Waals surface area contributed by atoms with Gasteiger partial charge < -0.3 is 20.1 Å². The van der Waals surface area contributed by atoms with Gasteiger partial charge in [-0.2, -0.15) is 0 Å². The molecule has 1 fully saturated rings. The van der Waals surface area contributed by atoms with E-state index in [4.69, 9.17) is 5.11 Å². The minimum absolute atomic E-state index is 0.0230. The Morgan fingerprint density at radius 3 is 2.52 bits per heavy atom. The van der Waals surface area contributed by atoms with E-state index >= 15 is 0 Å². The van der Waals surface area contributed by atoms with Gasteiger partial charge in [-0.1, -0.05) is 13.8 Å². The van der Waals surface area contributed by atoms with Crippen LogP contribution in [-0.4, -0.2) is 54.2 Å². The molecule has 0 aromatic rings. The molecule has 120 valence electrons. The monoisotopic (exact) mass is 300 g/mol. The molecular weight excluding hydrogens is 276 g/mol. The molecule has 7 heteroatoms. The highest BCUT2D eigenvalue weighted by Gasteiger charge is 2.30. The molecule has 0 radical (unpaired) electrons. The lowest BCUT2D eigenvalue weighted by Gasteiger charge is -2.21. The maximum Gasteiger partial charge on any atom is 0.326 e. The Balaban J connectivity index is 2.49. The highest BCUT2D eigenvalue weighted by atomic mass is 16.5. The Morgan fingerprint density at radius 1 is 1.38 bits per heavy atom. The van der Waals surface area contributed by atoms with Crippen LogP contribution in [0.15, 0.2) is 0 Å². The average Bonchev–Trinajstić information content (AvgIpc) is 2.92. The van der Waals surface area contributed by atoms with Gasteiger partial charge in [-0.3, -0.25) is 4.79 Å². The Bertz CT molecular complexity index is 397. The second kappa shape index (κ2) is 7.85. The molecule has 0 aromatic heterocycles. The van der Waals surface area contributed by atoms with Gasteiger partial charge in [-0.15, -0.1) is 0 Å². The van der Waals surface area contributed by atoms with Gasteiger partial charge in [-0.05, 0) is 24.7 Å². The van der Waals surface area contributed by atoms with Gasteiger partial charge in [0, 0.05) is 19.5 Å². The number of carboxylic acids is 1. The number of nitrogens with one attached hydrogen (secondary N) is 1. The zero-order valence-electron chi connectivity index (χ0n) is 12.8. The van der Waals surface area contributed by atoms with E-state index in [1.807, 2.05) is 0 Å². The smallest absolute Gasteiger partial charge is 0.326 e. The molecule has 0 bridgehead atoms. The number of methoxy groups -OCH3 is 1. The molecule has 1 heterocycles. The van der Waals surface area contributed by atoms with Crippen LogP contribution in [0, 0.1) is 11.8 Å². The number of urea groups is 1. The largest absolute Gasteiger partial charge is 0.480 e. The zero-order valence-corrected chi connectivity index (χ0v) is 12.8. The van der Waals surface area contributed by atoms with Crippen molar-refractivity contribution in [3.8, 4) is 0 Å². The van der Waals surface area contributed by atoms with Crippen molar-refractivity contribution in [1.82, 2.24) is 10.2 Å². The number of hydrogen-bond acceptors (Lipinski definition) is 4. The van der Waals surface area contributed by atoms with E-state index in [1.165, 1.54) is 7.11 Å². The lowest BCUT2D eigenvalue weighted by Crippen LogP contribution is -2.47. The topological polar surface area (TPSA) is 95.9 Å². The van der Waals surface area contributed by atoms with Crippen molar-refractivity contribution in [2.24, 2.45) is 11.8 Å². The summed E-state index contributed by atoms with van der Waals surface area (Å²) in [4.78, 5) is 35.9. The average molecular weight is 300 g/mol. The van der Waals surface area contributed by atoms with Crippen molar-refractivity contribution < 1.29 is 24.2 Å². The number of amides is 2. The second-order valence-electron chi connectivity index (χ2n) is 5.69. The van der Waals surface area contributed by atoms with E-state index in [9.17, 15) is 14.4 Å². The van der Waals surface area contributed by atoms with Crippen LogP contribution in [0.25, 0.3) is 0 Å². The molecule has 0 spiro atoms. The third kappa shape index (κ3) is 5.24. The molecule has 7 nitrogen and oxygen atoms in total. The molecule has 0 aliphatic carbocycles. The molecule has 1 aliphatic rings. The van der Waals surface area contributed by atoms with E-state index in [0.717, 1.165) is 6.42 Å². The quantitative estimate of drug-likeness (QED) is 0.716. The van der Waals surface area contributed by atoms with Gasteiger partial charge in [0.1, 0.15) is 6.04 Å². The first-order valence-electron chi connectivity index (χ1n) is 7.20. The van der Waals surface area contributed by atoms with Crippen LogP contribution in [0.5, 0.6) is 0 Å². The van der Waals surface area contributed by atoms with Crippen molar-refractivity contribution in [2.45, 2.75) is 39.2 Å². The number of likely N-dealkylation sites (tertiary alicyclic amines) is 1. The summed E-state index contributed by atoms with van der Waals surface area (Å²) < 4.78 is 4.47. The van der Waals surface area contributed by atoms with Crippen LogP contribution < -0.4 is 5.32 Å². The predicted octanol–water partition coefficient (Wildman–Crippen LogP) is 1.08. The maximum absolute atomic E-state index is 12.1. The molecule has 1 saturated heterocycles. The number of carbonyl (C=O) groups excluding carboxylic acids is 2. The first-order valence-corrected chi connectivity index (χ1v) is 7.20. The van der Waals surface area contributed by atoms with Crippen LogP contribution in [0.2, 0.25) is 0 Å². The predicted molar refractivity (Wildman–Crippen MR) is 75.7 cm³/mol. The Labute approximate surface area is 124 Å². The highest BCUT2D eigenvalue weighted by Crippen LogP contribution is 2.23. The van der Waals surface area contributed by atoms with Crippen molar-refractivity contribution in [2.75, 3.05) is 20.2 Å². The summed E-state index contributed by atoms with van der Waals surface area (Å²) in [6.45, 7) is 5.51. The third-order valence-electron chi connectivity index (χ3n) is 3.92. The maximum atomic E-state index is 12.1. The summed E-state index contributed by atoms with van der Waals surface area (Å²) in [7, 11) is 1.24. The van der Waals surface area contributed by atoms with E-state index in [2.05, 4.69) is 23.9 Å². The second-order valence-corrected chi connectivity index (χ2v) is 5.69. The number of ether oxygens (including phenoxy) is 1. The van der Waals surface area contributed by atoms with Crippen molar-refractivity contribution >= 4 is 18.0 Å². The van der Waals surface area contributed by atoms with Crippen LogP contribution in [0.1, 0.15) is 33.1 Å². The third-order valence-corrected chi connectivity index (χ3v) is 3.92. The lowest BCUT2D eigenvalue weighted by molar-refractivity contribution is -0.142. The Kier molecular flexibility index (Phi) is 6.45. The Hall–Kier alpha value is -1.79. The molecule has 21 heavy (non-hydrogen) atoms. The number of carbonyl (C=O) groups is 3. The van der Waals surface area contributed by atoms with Gasteiger partial charge in [0.05, 0.1) is 7.11 Å². The van der Waals surface area contributed by atoms with Crippen LogP contribution in [0.4, 0.5) is 4.79 Å². The summed E-state index contributed by atoms with van der Waals surface area (Å²) in [5.41, 5.74) is 0. The first-order chi connectivity index (χ1) is 9.85. The standard InChI is InChI=1S/C14H24N2O5/c1-9(2)10-6-7-16(8-10)14(20)15-11(13(18)19)4-5-12(17)21-3/h9-11H,4-8H2,1-3H3,(H,15,20)(H,18,19)/t10?,11-/m1/s1. The van der Waals surface area contributed by atoms with E-state index in [-0.39, 0.29) is 18.9 Å². The van der Waals surface area contributed by atoms with E-state index in [1.54, 1.807) is 4.90 Å². The van der Waals surface area contributed by atoms with Crippen LogP contribution in [-0.2, 0) is 14.3 Å². The van der Waals surface area contributed by atoms with Gasteiger partial charge >= 0.3 is 18.0 Å². The zero-order chi connectivity index (χ0) is 16.0. The molecule has 2 atom stereocenters. The number of nitrogens with zero attached hydrogens (tertiary/aromatic N) is 1. The van der Waals surface area contributed by atoms with Crippen molar-refractivity contribution in [3.63, 3.8) is 0 Å². The fraction of sp³-hybridized carbons (Fsp3) is 0.786. The van der Waals surface area contributed by atoms with Crippen LogP contribution in [0.3, 0.4) is 0 Å². The fourth-order valence-corrected chi connectivity index (χ4v) is 2.38. The molecule has 0 aromatic carbocycles. The number of rotatable bonds is 6. The molecule has 1 aliphatic heterocycles. The summed E-state index contributed by atoms with van der Waals surface area (Å²) >= 11 is 0. The van der Waals surface area contributed by atoms with Crippen LogP contribution >= 0.6 is 0 Å². The molecule has 0 saturated carbocycles. The number of aliphatic carboxylic acids is 1. The molecular formula is C14H24N2O5. The summed E-state index contributed by atoms with van der Waals surface area (Å²) in [6.07, 6.45) is 0.919. The fourth-order valence-electron chi connectivity index (χ4n) is 2.38. The number of carboxylic acid groups (broad SMARTS) is 1. The molecule has 1 rings (SSSR count). The van der Waals surface area contributed by atoms with Gasteiger partial charge in [-0.25, -0.2) is 9.59 Å². The number of esters is 1. The molecule has 1 unspecified atom stereocenters. The molecule has 2 N–H and O–H groups in total. The SMILES string of the molecule is COC(=O)CC[C@@H](NC(=O)N1CCC(C(C)C)C1)C(=O)O. The van der Waals surface area contributed by atoms with Crippen molar-refractivity contribution in [3.05, 3.63) is 0 Å². The van der Waals surface area contributed by atoms with Gasteiger partial charge in [0.15, 0.2) is 0 Å². The van der Waals surface area contributed by atoms with Gasteiger partial charge in [0.25, 0.3) is 0 Å².